The summed E-state index contributed by atoms with van der Waals surface area (Å²) < 4.78 is 37.6. The standard InChI is InChI=1S/C18H19ClN2O5S/c19-14-2-4-15(5-3-14)27(23,24)21-8-7-18(22)20-12-13-1-6-16-17(11-13)26-10-9-25-16/h1-6,11,21H,7-10,12H2,(H,20,22). The van der Waals surface area contributed by atoms with E-state index in [4.69, 9.17) is 21.1 Å². The lowest BCUT2D eigenvalue weighted by Gasteiger charge is -2.19. The van der Waals surface area contributed by atoms with Crippen molar-refractivity contribution >= 4 is 27.5 Å². The molecular formula is C18H19ClN2O5S. The van der Waals surface area contributed by atoms with Crippen LogP contribution in [-0.2, 0) is 21.4 Å². The second-order valence-electron chi connectivity index (χ2n) is 5.86. The Bertz CT molecular complexity index is 916. The zero-order chi connectivity index (χ0) is 19.3. The van der Waals surface area contributed by atoms with Gasteiger partial charge in [-0.25, -0.2) is 13.1 Å². The molecule has 0 unspecified atom stereocenters. The molecular weight excluding hydrogens is 392 g/mol. The maximum Gasteiger partial charge on any atom is 0.240 e. The molecule has 9 heteroatoms. The van der Waals surface area contributed by atoms with Gasteiger partial charge in [0.2, 0.25) is 15.9 Å². The van der Waals surface area contributed by atoms with Crippen molar-refractivity contribution in [3.05, 3.63) is 53.1 Å². The fourth-order valence-corrected chi connectivity index (χ4v) is 3.64. The van der Waals surface area contributed by atoms with E-state index in [2.05, 4.69) is 10.0 Å². The second kappa shape index (κ2) is 8.60. The van der Waals surface area contributed by atoms with Crippen LogP contribution in [0.15, 0.2) is 47.4 Å². The smallest absolute Gasteiger partial charge is 0.240 e. The van der Waals surface area contributed by atoms with Gasteiger partial charge in [0.15, 0.2) is 11.5 Å². The van der Waals surface area contributed by atoms with Crippen LogP contribution in [-0.4, -0.2) is 34.1 Å². The first-order chi connectivity index (χ1) is 12.9. The second-order valence-corrected chi connectivity index (χ2v) is 8.06. The number of hydrogen-bond acceptors (Lipinski definition) is 5. The van der Waals surface area contributed by atoms with Gasteiger partial charge >= 0.3 is 0 Å². The van der Waals surface area contributed by atoms with E-state index in [0.717, 1.165) is 5.56 Å². The van der Waals surface area contributed by atoms with Crippen molar-refractivity contribution in [3.63, 3.8) is 0 Å². The monoisotopic (exact) mass is 410 g/mol. The lowest BCUT2D eigenvalue weighted by molar-refractivity contribution is -0.121. The number of amides is 1. The Labute approximate surface area is 162 Å². The van der Waals surface area contributed by atoms with Crippen LogP contribution in [0, 0.1) is 0 Å². The van der Waals surface area contributed by atoms with E-state index < -0.39 is 10.0 Å². The van der Waals surface area contributed by atoms with Crippen LogP contribution in [0.4, 0.5) is 0 Å². The average molecular weight is 411 g/mol. The summed E-state index contributed by atoms with van der Waals surface area (Å²) in [7, 11) is -3.67. The van der Waals surface area contributed by atoms with E-state index in [9.17, 15) is 13.2 Å². The zero-order valence-corrected chi connectivity index (χ0v) is 16.0. The first kappa shape index (κ1) is 19.5. The third-order valence-electron chi connectivity index (χ3n) is 3.86. The predicted octanol–water partition coefficient (Wildman–Crippen LogP) is 2.10. The fourth-order valence-electron chi connectivity index (χ4n) is 2.48. The normalized spacial score (nSPS) is 13.2. The number of nitrogens with one attached hydrogen (secondary N) is 2. The number of ether oxygens (including phenoxy) is 2. The SMILES string of the molecule is O=C(CCNS(=O)(=O)c1ccc(Cl)cc1)NCc1ccc2c(c1)OCCO2. The minimum atomic E-state index is -3.67. The molecule has 3 rings (SSSR count). The molecule has 2 N–H and O–H groups in total. The van der Waals surface area contributed by atoms with Gasteiger partial charge in [-0.15, -0.1) is 0 Å². The molecule has 0 radical (unpaired) electrons. The van der Waals surface area contributed by atoms with Gasteiger partial charge in [-0.3, -0.25) is 4.79 Å². The topological polar surface area (TPSA) is 93.7 Å². The lowest BCUT2D eigenvalue weighted by Crippen LogP contribution is -2.30. The number of benzene rings is 2. The zero-order valence-electron chi connectivity index (χ0n) is 14.4. The molecule has 1 aliphatic rings. The van der Waals surface area contributed by atoms with Gasteiger partial charge in [0.05, 0.1) is 4.90 Å². The van der Waals surface area contributed by atoms with E-state index in [1.165, 1.54) is 24.3 Å². The molecule has 27 heavy (non-hydrogen) atoms. The highest BCUT2D eigenvalue weighted by atomic mass is 35.5. The highest BCUT2D eigenvalue weighted by Crippen LogP contribution is 2.30. The summed E-state index contributed by atoms with van der Waals surface area (Å²) in [4.78, 5) is 12.1. The predicted molar refractivity (Wildman–Crippen MR) is 101 cm³/mol. The summed E-state index contributed by atoms with van der Waals surface area (Å²) in [6.07, 6.45) is 0.0252. The highest BCUT2D eigenvalue weighted by molar-refractivity contribution is 7.89. The van der Waals surface area contributed by atoms with Crippen molar-refractivity contribution < 1.29 is 22.7 Å². The van der Waals surface area contributed by atoms with Crippen LogP contribution in [0.5, 0.6) is 11.5 Å². The first-order valence-electron chi connectivity index (χ1n) is 8.34. The Morgan fingerprint density at radius 2 is 1.74 bits per heavy atom. The molecule has 2 aromatic rings. The Hall–Kier alpha value is -2.29. The Morgan fingerprint density at radius 3 is 2.48 bits per heavy atom. The van der Waals surface area contributed by atoms with Crippen molar-refractivity contribution in [2.75, 3.05) is 19.8 Å². The van der Waals surface area contributed by atoms with Crippen molar-refractivity contribution in [1.82, 2.24) is 10.0 Å². The van der Waals surface area contributed by atoms with Gasteiger partial charge in [-0.1, -0.05) is 17.7 Å². The minimum absolute atomic E-state index is 0.00205. The maximum atomic E-state index is 12.1. The third-order valence-corrected chi connectivity index (χ3v) is 5.59. The van der Waals surface area contributed by atoms with E-state index in [-0.39, 0.29) is 23.8 Å². The van der Waals surface area contributed by atoms with E-state index in [1.807, 2.05) is 12.1 Å². The van der Waals surface area contributed by atoms with Gasteiger partial charge < -0.3 is 14.8 Å². The highest BCUT2D eigenvalue weighted by Gasteiger charge is 2.15. The van der Waals surface area contributed by atoms with Crippen LogP contribution in [0.25, 0.3) is 0 Å². The molecule has 0 aromatic heterocycles. The fraction of sp³-hybridized carbons (Fsp3) is 0.278. The van der Waals surface area contributed by atoms with Gasteiger partial charge in [-0.2, -0.15) is 0 Å². The van der Waals surface area contributed by atoms with Gasteiger partial charge in [0.1, 0.15) is 13.2 Å². The molecule has 0 atom stereocenters. The number of sulfonamides is 1. The Morgan fingerprint density at radius 1 is 1.04 bits per heavy atom. The van der Waals surface area contributed by atoms with Crippen molar-refractivity contribution in [3.8, 4) is 11.5 Å². The average Bonchev–Trinajstić information content (AvgIpc) is 2.66. The van der Waals surface area contributed by atoms with Crippen molar-refractivity contribution in [2.45, 2.75) is 17.9 Å². The first-order valence-corrected chi connectivity index (χ1v) is 10.2. The number of carbonyl (C=O) groups is 1. The third kappa shape index (κ3) is 5.35. The van der Waals surface area contributed by atoms with Crippen LogP contribution in [0.2, 0.25) is 5.02 Å². The van der Waals surface area contributed by atoms with E-state index >= 15 is 0 Å². The minimum Gasteiger partial charge on any atom is -0.486 e. The van der Waals surface area contributed by atoms with Crippen LogP contribution < -0.4 is 19.5 Å². The molecule has 1 aliphatic heterocycles. The summed E-state index contributed by atoms with van der Waals surface area (Å²) in [5.74, 6) is 1.08. The summed E-state index contributed by atoms with van der Waals surface area (Å²) in [5, 5.41) is 3.20. The van der Waals surface area contributed by atoms with Crippen LogP contribution in [0.3, 0.4) is 0 Å². The van der Waals surface area contributed by atoms with Crippen LogP contribution in [0.1, 0.15) is 12.0 Å². The summed E-state index contributed by atoms with van der Waals surface area (Å²) in [6.45, 7) is 1.34. The molecule has 0 bridgehead atoms. The van der Waals surface area contributed by atoms with E-state index in [0.29, 0.717) is 36.3 Å². The summed E-state index contributed by atoms with van der Waals surface area (Å²) in [6, 6.07) is 11.3. The Kier molecular flexibility index (Phi) is 6.20. The molecule has 0 saturated heterocycles. The number of halogens is 1. The van der Waals surface area contributed by atoms with Crippen LogP contribution >= 0.6 is 11.6 Å². The van der Waals surface area contributed by atoms with Crippen molar-refractivity contribution in [1.29, 1.82) is 0 Å². The van der Waals surface area contributed by atoms with Gasteiger partial charge in [0.25, 0.3) is 0 Å². The molecule has 0 spiro atoms. The largest absolute Gasteiger partial charge is 0.486 e. The van der Waals surface area contributed by atoms with E-state index in [1.54, 1.807) is 6.07 Å². The summed E-state index contributed by atoms with van der Waals surface area (Å²) >= 11 is 5.75. The molecule has 1 amide bonds. The van der Waals surface area contributed by atoms with Crippen molar-refractivity contribution in [2.24, 2.45) is 0 Å². The maximum absolute atomic E-state index is 12.1. The summed E-state index contributed by atoms with van der Waals surface area (Å²) in [5.41, 5.74) is 0.870. The molecule has 144 valence electrons. The Balaban J connectivity index is 1.45. The quantitative estimate of drug-likeness (QED) is 0.729. The molecule has 0 saturated carbocycles. The molecule has 0 aliphatic carbocycles. The number of rotatable bonds is 7. The van der Waals surface area contributed by atoms with Gasteiger partial charge in [-0.05, 0) is 42.0 Å². The van der Waals surface area contributed by atoms with Gasteiger partial charge in [0, 0.05) is 24.5 Å². The number of carbonyl (C=O) groups excluding carboxylic acids is 1. The molecule has 0 fully saturated rings. The number of fused-ring (bicyclic) bond motifs is 1. The number of hydrogen-bond donors (Lipinski definition) is 2. The molecule has 7 nitrogen and oxygen atoms in total. The molecule has 2 aromatic carbocycles. The lowest BCUT2D eigenvalue weighted by atomic mass is 10.2. The molecule has 1 heterocycles.